The summed E-state index contributed by atoms with van der Waals surface area (Å²) in [7, 11) is 3.93. The lowest BCUT2D eigenvalue weighted by Crippen LogP contribution is -2.37. The minimum absolute atomic E-state index is 0. The quantitative estimate of drug-likeness (QED) is 0.424. The lowest BCUT2D eigenvalue weighted by molar-refractivity contribution is -0.142. The van der Waals surface area contributed by atoms with E-state index in [1.807, 2.05) is 13.1 Å². The monoisotopic (exact) mass is 479 g/mol. The van der Waals surface area contributed by atoms with Crippen molar-refractivity contribution in [2.45, 2.75) is 57.8 Å². The Balaban J connectivity index is 0.00000289. The van der Waals surface area contributed by atoms with Crippen molar-refractivity contribution in [3.63, 3.8) is 0 Å². The number of unbranched alkanes of at least 4 members (excludes halogenated alkanes) is 1. The molecule has 2 heterocycles. The number of hydrogen-bond donors (Lipinski definition) is 0. The van der Waals surface area contributed by atoms with E-state index in [4.69, 9.17) is 0 Å². The van der Waals surface area contributed by atoms with Crippen LogP contribution in [-0.4, -0.2) is 52.9 Å². The minimum Gasteiger partial charge on any atom is -0.306 e. The van der Waals surface area contributed by atoms with Gasteiger partial charge in [0, 0.05) is 26.6 Å². The Labute approximate surface area is 200 Å². The first-order valence-corrected chi connectivity index (χ1v) is 12.3. The predicted molar refractivity (Wildman–Crippen MR) is 132 cm³/mol. The number of rotatable bonds is 8. The number of fused-ring (bicyclic) bond motifs is 1. The Kier molecular flexibility index (Phi) is 8.17. The molecule has 0 bridgehead atoms. The molecule has 1 spiro atoms. The van der Waals surface area contributed by atoms with Crippen molar-refractivity contribution in [2.75, 3.05) is 26.7 Å². The standard InChI is InChI=1S/C24H33N3O3S.ClH/c1-25(15-10-18-8-9-19-20(16-18)31-23(30)26(19)2)13-6-7-14-27-21(28)17-24(22(27)29)11-4-3-5-12-24;/h8-9,16H,3-7,10-15,17H2,1-2H3;1H. The molecule has 2 aromatic rings. The first kappa shape index (κ1) is 24.9. The van der Waals surface area contributed by atoms with Crippen LogP contribution in [0.25, 0.3) is 10.2 Å². The number of nitrogens with zero attached hydrogens (tertiary/aromatic N) is 3. The molecule has 1 aromatic heterocycles. The number of halogens is 1. The van der Waals surface area contributed by atoms with E-state index < -0.39 is 0 Å². The van der Waals surface area contributed by atoms with E-state index >= 15 is 0 Å². The lowest BCUT2D eigenvalue weighted by Gasteiger charge is -2.30. The smallest absolute Gasteiger partial charge is 0.306 e. The maximum absolute atomic E-state index is 12.9. The summed E-state index contributed by atoms with van der Waals surface area (Å²) in [4.78, 5) is 41.0. The van der Waals surface area contributed by atoms with Gasteiger partial charge in [-0.15, -0.1) is 12.4 Å². The van der Waals surface area contributed by atoms with Crippen molar-refractivity contribution >= 4 is 45.8 Å². The van der Waals surface area contributed by atoms with Crippen molar-refractivity contribution in [3.8, 4) is 0 Å². The molecule has 0 unspecified atom stereocenters. The number of aryl methyl sites for hydroxylation is 1. The van der Waals surface area contributed by atoms with Gasteiger partial charge in [0.05, 0.1) is 15.6 Å². The molecule has 1 saturated heterocycles. The molecule has 2 amide bonds. The van der Waals surface area contributed by atoms with Crippen molar-refractivity contribution in [2.24, 2.45) is 12.5 Å². The summed E-state index contributed by atoms with van der Waals surface area (Å²) in [6, 6.07) is 6.26. The van der Waals surface area contributed by atoms with Gasteiger partial charge >= 0.3 is 4.87 Å². The first-order chi connectivity index (χ1) is 14.9. The van der Waals surface area contributed by atoms with Crippen LogP contribution < -0.4 is 4.87 Å². The highest BCUT2D eigenvalue weighted by Crippen LogP contribution is 2.45. The zero-order valence-electron chi connectivity index (χ0n) is 19.1. The molecule has 6 nitrogen and oxygen atoms in total. The Morgan fingerprint density at radius 3 is 2.56 bits per heavy atom. The molecule has 1 aliphatic heterocycles. The van der Waals surface area contributed by atoms with Gasteiger partial charge in [-0.25, -0.2) is 0 Å². The van der Waals surface area contributed by atoms with Gasteiger partial charge in [-0.3, -0.25) is 19.3 Å². The summed E-state index contributed by atoms with van der Waals surface area (Å²) in [6.07, 6.45) is 8.34. The number of imide groups is 1. The maximum Gasteiger partial charge on any atom is 0.307 e. The second-order valence-corrected chi connectivity index (χ2v) is 10.4. The summed E-state index contributed by atoms with van der Waals surface area (Å²) in [5.74, 6) is 0.142. The topological polar surface area (TPSA) is 62.6 Å². The zero-order chi connectivity index (χ0) is 22.0. The highest BCUT2D eigenvalue weighted by Gasteiger charge is 2.51. The van der Waals surface area contributed by atoms with Crippen LogP contribution in [0.3, 0.4) is 0 Å². The van der Waals surface area contributed by atoms with Crippen LogP contribution >= 0.6 is 23.7 Å². The average molecular weight is 480 g/mol. The maximum atomic E-state index is 12.9. The van der Waals surface area contributed by atoms with Gasteiger partial charge in [-0.05, 0) is 63.4 Å². The third-order valence-electron chi connectivity index (χ3n) is 7.11. The van der Waals surface area contributed by atoms with Crippen LogP contribution in [0.5, 0.6) is 0 Å². The molecule has 0 radical (unpaired) electrons. The molecule has 8 heteroatoms. The van der Waals surface area contributed by atoms with Crippen LogP contribution in [0.4, 0.5) is 0 Å². The molecule has 176 valence electrons. The van der Waals surface area contributed by atoms with E-state index in [-0.39, 0.29) is 34.5 Å². The number of thiazole rings is 1. The number of aromatic nitrogens is 1. The number of carbonyl (C=O) groups is 2. The molecule has 1 aromatic carbocycles. The van der Waals surface area contributed by atoms with Gasteiger partial charge in [0.15, 0.2) is 0 Å². The Hall–Kier alpha value is -1.70. The first-order valence-electron chi connectivity index (χ1n) is 11.5. The Bertz CT molecular complexity index is 1030. The van der Waals surface area contributed by atoms with E-state index in [0.29, 0.717) is 13.0 Å². The van der Waals surface area contributed by atoms with Gasteiger partial charge < -0.3 is 9.47 Å². The molecular weight excluding hydrogens is 446 g/mol. The largest absolute Gasteiger partial charge is 0.307 e. The number of amides is 2. The number of hydrogen-bond acceptors (Lipinski definition) is 5. The number of benzene rings is 1. The fraction of sp³-hybridized carbons (Fsp3) is 0.625. The molecule has 2 aliphatic rings. The lowest BCUT2D eigenvalue weighted by atomic mass is 9.73. The van der Waals surface area contributed by atoms with Gasteiger partial charge in [-0.2, -0.15) is 0 Å². The van der Waals surface area contributed by atoms with E-state index in [2.05, 4.69) is 24.1 Å². The molecule has 0 N–H and O–H groups in total. The second kappa shape index (κ2) is 10.5. The van der Waals surface area contributed by atoms with Gasteiger partial charge in [-0.1, -0.05) is 36.7 Å². The van der Waals surface area contributed by atoms with E-state index in [9.17, 15) is 14.4 Å². The molecule has 32 heavy (non-hydrogen) atoms. The second-order valence-electron chi connectivity index (χ2n) is 9.36. The van der Waals surface area contributed by atoms with Gasteiger partial charge in [0.25, 0.3) is 0 Å². The van der Waals surface area contributed by atoms with Crippen LogP contribution in [-0.2, 0) is 23.1 Å². The molecule has 2 fully saturated rings. The van der Waals surface area contributed by atoms with Gasteiger partial charge in [0.1, 0.15) is 0 Å². The molecule has 1 aliphatic carbocycles. The summed E-state index contributed by atoms with van der Waals surface area (Å²) in [6.45, 7) is 2.46. The van der Waals surface area contributed by atoms with Crippen LogP contribution in [0.1, 0.15) is 56.9 Å². The van der Waals surface area contributed by atoms with E-state index in [0.717, 1.165) is 68.3 Å². The number of carbonyl (C=O) groups excluding carboxylic acids is 2. The van der Waals surface area contributed by atoms with Crippen LogP contribution in [0, 0.1) is 5.41 Å². The average Bonchev–Trinajstić information content (AvgIpc) is 3.16. The summed E-state index contributed by atoms with van der Waals surface area (Å²) >= 11 is 1.30. The normalized spacial score (nSPS) is 18.2. The summed E-state index contributed by atoms with van der Waals surface area (Å²) < 4.78 is 2.74. The summed E-state index contributed by atoms with van der Waals surface area (Å²) in [5.41, 5.74) is 1.88. The molecule has 4 rings (SSSR count). The molecule has 1 saturated carbocycles. The predicted octanol–water partition coefficient (Wildman–Crippen LogP) is 3.99. The third-order valence-corrected chi connectivity index (χ3v) is 8.11. The Morgan fingerprint density at radius 1 is 1.06 bits per heavy atom. The van der Waals surface area contributed by atoms with E-state index in [1.54, 1.807) is 9.47 Å². The summed E-state index contributed by atoms with van der Waals surface area (Å²) in [5, 5.41) is 0. The zero-order valence-corrected chi connectivity index (χ0v) is 20.7. The fourth-order valence-corrected chi connectivity index (χ4v) is 6.07. The van der Waals surface area contributed by atoms with Crippen molar-refractivity contribution < 1.29 is 9.59 Å². The molecular formula is C24H34ClN3O3S. The fourth-order valence-electron chi connectivity index (χ4n) is 5.12. The minimum atomic E-state index is -0.361. The van der Waals surface area contributed by atoms with E-state index in [1.165, 1.54) is 23.3 Å². The number of likely N-dealkylation sites (tertiary alicyclic amines) is 1. The van der Waals surface area contributed by atoms with Gasteiger partial charge in [0.2, 0.25) is 11.8 Å². The Morgan fingerprint density at radius 2 is 1.81 bits per heavy atom. The SMILES string of the molecule is CN(CCCCN1C(=O)CC2(CCCCC2)C1=O)CCc1ccc2c(c1)sc(=O)n2C.Cl. The molecule has 0 atom stereocenters. The highest BCUT2D eigenvalue weighted by atomic mass is 35.5. The number of likely N-dealkylation sites (N-methyl/N-ethyl adjacent to an activating group) is 1. The highest BCUT2D eigenvalue weighted by molar-refractivity contribution is 7.16. The van der Waals surface area contributed by atoms with Crippen molar-refractivity contribution in [1.82, 2.24) is 14.4 Å². The van der Waals surface area contributed by atoms with Crippen LogP contribution in [0.15, 0.2) is 23.0 Å². The van der Waals surface area contributed by atoms with Crippen LogP contribution in [0.2, 0.25) is 0 Å². The van der Waals surface area contributed by atoms with Crippen molar-refractivity contribution in [1.29, 1.82) is 0 Å². The van der Waals surface area contributed by atoms with Crippen molar-refractivity contribution in [3.05, 3.63) is 33.4 Å². The third kappa shape index (κ3) is 5.10.